The largest absolute Gasteiger partial charge is 0.359 e. The van der Waals surface area contributed by atoms with Crippen LogP contribution < -0.4 is 0 Å². The summed E-state index contributed by atoms with van der Waals surface area (Å²) < 4.78 is 0. The van der Waals surface area contributed by atoms with Crippen molar-refractivity contribution in [2.24, 2.45) is 11.3 Å². The number of benzene rings is 1. The van der Waals surface area contributed by atoms with Gasteiger partial charge in [-0.25, -0.2) is 0 Å². The first-order valence-corrected chi connectivity index (χ1v) is 7.77. The van der Waals surface area contributed by atoms with Gasteiger partial charge in [-0.1, -0.05) is 6.07 Å². The Morgan fingerprint density at radius 1 is 1.38 bits per heavy atom. The number of nitrogens with one attached hydrogen (secondary N) is 1. The van der Waals surface area contributed by atoms with E-state index >= 15 is 0 Å². The van der Waals surface area contributed by atoms with Crippen LogP contribution in [0, 0.1) is 18.3 Å². The van der Waals surface area contributed by atoms with Gasteiger partial charge in [-0.3, -0.25) is 4.79 Å². The van der Waals surface area contributed by atoms with E-state index < -0.39 is 0 Å². The third-order valence-corrected chi connectivity index (χ3v) is 5.76. The topological polar surface area (TPSA) is 36.1 Å². The van der Waals surface area contributed by atoms with Crippen LogP contribution in [0.25, 0.3) is 17.0 Å². The third-order valence-electron chi connectivity index (χ3n) is 5.76. The summed E-state index contributed by atoms with van der Waals surface area (Å²) in [4.78, 5) is 17.6. The van der Waals surface area contributed by atoms with Crippen LogP contribution >= 0.6 is 0 Å². The Labute approximate surface area is 123 Å². The lowest BCUT2D eigenvalue weighted by molar-refractivity contribution is -0.133. The number of piperidine rings is 1. The number of carbonyl (C=O) groups is 1. The van der Waals surface area contributed by atoms with E-state index in [1.54, 1.807) is 0 Å². The normalized spacial score (nSPS) is 33.4. The predicted molar refractivity (Wildman–Crippen MR) is 82.5 cm³/mol. The van der Waals surface area contributed by atoms with Crippen LogP contribution in [0.1, 0.15) is 30.5 Å². The van der Waals surface area contributed by atoms with Crippen molar-refractivity contribution in [3.63, 3.8) is 0 Å². The van der Waals surface area contributed by atoms with Gasteiger partial charge in [-0.05, 0) is 56.0 Å². The SMILES string of the molecule is Cc1cc2cc(/C=C/N3C(=O)C4CCC45CC35)ccc2[nH]1. The number of rotatable bonds is 2. The number of aromatic nitrogens is 1. The molecule has 3 aliphatic rings. The number of aromatic amines is 1. The van der Waals surface area contributed by atoms with Gasteiger partial charge < -0.3 is 9.88 Å². The number of nitrogens with zero attached hydrogens (tertiary/aromatic N) is 1. The summed E-state index contributed by atoms with van der Waals surface area (Å²) in [5.41, 5.74) is 3.89. The van der Waals surface area contributed by atoms with Gasteiger partial charge in [0.25, 0.3) is 0 Å². The lowest BCUT2D eigenvalue weighted by Crippen LogP contribution is -2.33. The molecule has 21 heavy (non-hydrogen) atoms. The molecule has 3 unspecified atom stereocenters. The summed E-state index contributed by atoms with van der Waals surface area (Å²) >= 11 is 0. The number of aryl methyl sites for hydroxylation is 1. The second kappa shape index (κ2) is 3.59. The van der Waals surface area contributed by atoms with E-state index in [2.05, 4.69) is 42.2 Å². The highest BCUT2D eigenvalue weighted by molar-refractivity contribution is 5.88. The zero-order valence-corrected chi connectivity index (χ0v) is 12.1. The first kappa shape index (κ1) is 11.6. The van der Waals surface area contributed by atoms with Gasteiger partial charge in [0, 0.05) is 40.2 Å². The molecule has 1 aromatic heterocycles. The fourth-order valence-electron chi connectivity index (χ4n) is 4.43. The van der Waals surface area contributed by atoms with E-state index in [1.165, 1.54) is 29.4 Å². The van der Waals surface area contributed by atoms with Gasteiger partial charge >= 0.3 is 0 Å². The first-order valence-electron chi connectivity index (χ1n) is 7.77. The Morgan fingerprint density at radius 2 is 2.29 bits per heavy atom. The number of carbonyl (C=O) groups excluding carboxylic acids is 1. The predicted octanol–water partition coefficient (Wildman–Crippen LogP) is 3.46. The van der Waals surface area contributed by atoms with Gasteiger partial charge in [-0.15, -0.1) is 0 Å². The molecule has 1 N–H and O–H groups in total. The maximum atomic E-state index is 12.3. The molecule has 3 heteroatoms. The summed E-state index contributed by atoms with van der Waals surface area (Å²) in [6.07, 6.45) is 7.68. The Morgan fingerprint density at radius 3 is 3.00 bits per heavy atom. The smallest absolute Gasteiger partial charge is 0.230 e. The number of amides is 1. The van der Waals surface area contributed by atoms with Crippen molar-refractivity contribution < 1.29 is 4.79 Å². The molecule has 1 amide bonds. The molecule has 2 heterocycles. The monoisotopic (exact) mass is 278 g/mol. The molecule has 0 radical (unpaired) electrons. The minimum absolute atomic E-state index is 0.335. The quantitative estimate of drug-likeness (QED) is 0.897. The van der Waals surface area contributed by atoms with Gasteiger partial charge in [-0.2, -0.15) is 0 Å². The molecule has 1 spiro atoms. The first-order chi connectivity index (χ1) is 10.2. The molecule has 3 nitrogen and oxygen atoms in total. The van der Waals surface area contributed by atoms with Crippen molar-refractivity contribution in [1.29, 1.82) is 0 Å². The van der Waals surface area contributed by atoms with Crippen LogP contribution in [0.3, 0.4) is 0 Å². The lowest BCUT2D eigenvalue weighted by atomic mass is 9.71. The second-order valence-corrected chi connectivity index (χ2v) is 6.90. The molecule has 0 bridgehead atoms. The summed E-state index contributed by atoms with van der Waals surface area (Å²) in [6.45, 7) is 2.07. The number of hydrogen-bond donors (Lipinski definition) is 1. The van der Waals surface area contributed by atoms with Crippen molar-refractivity contribution in [1.82, 2.24) is 9.88 Å². The van der Waals surface area contributed by atoms with Crippen molar-refractivity contribution in [3.8, 4) is 0 Å². The number of hydrogen-bond acceptors (Lipinski definition) is 1. The standard InChI is InChI=1S/C18H18N2O/c1-11-8-13-9-12(2-3-15(13)19-11)5-7-20-16-10-18(16)6-4-14(18)17(20)21/h2-3,5,7-9,14,16,19H,4,6,10H2,1H3/b7-5+. The van der Waals surface area contributed by atoms with E-state index in [1.807, 2.05) is 11.1 Å². The summed E-state index contributed by atoms with van der Waals surface area (Å²) in [5, 5.41) is 1.23. The molecule has 3 atom stereocenters. The lowest BCUT2D eigenvalue weighted by Gasteiger charge is -2.30. The maximum absolute atomic E-state index is 12.3. The second-order valence-electron chi connectivity index (χ2n) is 6.90. The van der Waals surface area contributed by atoms with Crippen molar-refractivity contribution >= 4 is 22.9 Å². The van der Waals surface area contributed by atoms with E-state index in [0.717, 1.165) is 12.0 Å². The number of fused-ring (bicyclic) bond motifs is 1. The highest BCUT2D eigenvalue weighted by atomic mass is 16.2. The molecule has 1 aromatic carbocycles. The highest BCUT2D eigenvalue weighted by Crippen LogP contribution is 2.71. The summed E-state index contributed by atoms with van der Waals surface area (Å²) in [7, 11) is 0. The zero-order valence-electron chi connectivity index (χ0n) is 12.1. The minimum atomic E-state index is 0.335. The molecule has 106 valence electrons. The molecule has 2 aromatic rings. The number of H-pyrrole nitrogens is 1. The van der Waals surface area contributed by atoms with Crippen LogP contribution in [-0.4, -0.2) is 21.8 Å². The van der Waals surface area contributed by atoms with Gasteiger partial charge in [0.2, 0.25) is 5.91 Å². The molecule has 2 saturated carbocycles. The Bertz CT molecular complexity index is 803. The average molecular weight is 278 g/mol. The number of likely N-dealkylation sites (tertiary alicyclic amines) is 1. The maximum Gasteiger partial charge on any atom is 0.230 e. The van der Waals surface area contributed by atoms with E-state index in [-0.39, 0.29) is 0 Å². The van der Waals surface area contributed by atoms with Gasteiger partial charge in [0.1, 0.15) is 0 Å². The third kappa shape index (κ3) is 1.41. The molecule has 1 aliphatic heterocycles. The van der Waals surface area contributed by atoms with E-state index in [0.29, 0.717) is 23.3 Å². The highest BCUT2D eigenvalue weighted by Gasteiger charge is 2.74. The molecular formula is C18H18N2O. The summed E-state index contributed by atoms with van der Waals surface area (Å²) in [6, 6.07) is 9.04. The Balaban J connectivity index is 1.44. The van der Waals surface area contributed by atoms with Crippen molar-refractivity contribution in [2.75, 3.05) is 0 Å². The zero-order chi connectivity index (χ0) is 14.2. The van der Waals surface area contributed by atoms with Crippen LogP contribution in [0.2, 0.25) is 0 Å². The van der Waals surface area contributed by atoms with Crippen LogP contribution in [-0.2, 0) is 4.79 Å². The summed E-state index contributed by atoms with van der Waals surface area (Å²) in [5.74, 6) is 0.689. The molecule has 3 fully saturated rings. The molecule has 5 rings (SSSR count). The Kier molecular flexibility index (Phi) is 1.98. The molecular weight excluding hydrogens is 260 g/mol. The van der Waals surface area contributed by atoms with E-state index in [4.69, 9.17) is 0 Å². The average Bonchev–Trinajstić information content (AvgIpc) is 3.04. The van der Waals surface area contributed by atoms with Crippen LogP contribution in [0.5, 0.6) is 0 Å². The van der Waals surface area contributed by atoms with Gasteiger partial charge in [0.15, 0.2) is 0 Å². The molecule has 2 aliphatic carbocycles. The Hall–Kier alpha value is -2.03. The van der Waals surface area contributed by atoms with Gasteiger partial charge in [0.05, 0.1) is 0 Å². The fraction of sp³-hybridized carbons (Fsp3) is 0.389. The molecule has 1 saturated heterocycles. The van der Waals surface area contributed by atoms with Crippen molar-refractivity contribution in [3.05, 3.63) is 41.7 Å². The fourth-order valence-corrected chi connectivity index (χ4v) is 4.43. The van der Waals surface area contributed by atoms with Crippen molar-refractivity contribution in [2.45, 2.75) is 32.2 Å². The van der Waals surface area contributed by atoms with Crippen LogP contribution in [0.4, 0.5) is 0 Å². The van der Waals surface area contributed by atoms with Crippen LogP contribution in [0.15, 0.2) is 30.5 Å². The van der Waals surface area contributed by atoms with E-state index in [9.17, 15) is 4.79 Å². The minimum Gasteiger partial charge on any atom is -0.359 e.